The Bertz CT molecular complexity index is 637. The summed E-state index contributed by atoms with van der Waals surface area (Å²) in [5.41, 5.74) is 1.14. The van der Waals surface area contributed by atoms with Gasteiger partial charge in [-0.2, -0.15) is 0 Å². The number of nitrogens with zero attached hydrogens (tertiary/aromatic N) is 1. The lowest BCUT2D eigenvalue weighted by atomic mass is 10.1. The Labute approximate surface area is 129 Å². The van der Waals surface area contributed by atoms with Crippen molar-refractivity contribution < 1.29 is 8.42 Å². The Kier molecular flexibility index (Phi) is 5.72. The minimum absolute atomic E-state index is 0.258. The second-order valence-electron chi connectivity index (χ2n) is 4.54. The van der Waals surface area contributed by atoms with E-state index in [-0.39, 0.29) is 4.90 Å². The van der Waals surface area contributed by atoms with Gasteiger partial charge in [-0.3, -0.25) is 4.72 Å². The molecule has 0 radical (unpaired) electrons. The molecular formula is C14H19N3O2S2. The van der Waals surface area contributed by atoms with Crippen molar-refractivity contribution in [2.75, 3.05) is 17.8 Å². The van der Waals surface area contributed by atoms with E-state index in [0.29, 0.717) is 5.13 Å². The Morgan fingerprint density at radius 1 is 1.24 bits per heavy atom. The third-order valence-corrected chi connectivity index (χ3v) is 5.13. The number of nitrogens with one attached hydrogen (secondary N) is 2. The van der Waals surface area contributed by atoms with Gasteiger partial charge in [-0.25, -0.2) is 13.4 Å². The van der Waals surface area contributed by atoms with E-state index in [4.69, 9.17) is 0 Å². The van der Waals surface area contributed by atoms with Crippen molar-refractivity contribution in [1.29, 1.82) is 0 Å². The molecule has 2 aromatic rings. The molecule has 21 heavy (non-hydrogen) atoms. The lowest BCUT2D eigenvalue weighted by molar-refractivity contribution is 0.601. The second kappa shape index (κ2) is 7.53. The van der Waals surface area contributed by atoms with E-state index in [2.05, 4.69) is 21.9 Å². The van der Waals surface area contributed by atoms with Crippen molar-refractivity contribution in [3.8, 4) is 0 Å². The topological polar surface area (TPSA) is 71.1 Å². The van der Waals surface area contributed by atoms with Crippen molar-refractivity contribution in [2.45, 2.75) is 24.7 Å². The lowest BCUT2D eigenvalue weighted by Gasteiger charge is -2.07. The maximum absolute atomic E-state index is 12.2. The highest BCUT2D eigenvalue weighted by Gasteiger charge is 2.14. The number of thiazole rings is 1. The molecule has 1 heterocycles. The van der Waals surface area contributed by atoms with E-state index >= 15 is 0 Å². The predicted molar refractivity (Wildman–Crippen MR) is 86.2 cm³/mol. The van der Waals surface area contributed by atoms with Gasteiger partial charge in [0.2, 0.25) is 0 Å². The van der Waals surface area contributed by atoms with Crippen molar-refractivity contribution in [1.82, 2.24) is 10.3 Å². The highest BCUT2D eigenvalue weighted by molar-refractivity contribution is 7.93. The molecular weight excluding hydrogens is 306 g/mol. The molecule has 0 aliphatic rings. The maximum atomic E-state index is 12.2. The fourth-order valence-corrected chi connectivity index (χ4v) is 3.67. The molecule has 5 nitrogen and oxygen atoms in total. The average Bonchev–Trinajstić information content (AvgIpc) is 2.96. The standard InChI is InChI=1S/C14H19N3O2S2/c1-2-15-9-3-4-12-5-7-13(8-6-12)21(18,19)17-14-16-10-11-20-14/h5-8,10-11,15H,2-4,9H2,1H3,(H,16,17). The third-order valence-electron chi connectivity index (χ3n) is 2.96. The van der Waals surface area contributed by atoms with E-state index in [0.717, 1.165) is 31.5 Å². The molecule has 2 rings (SSSR count). The number of hydrogen-bond acceptors (Lipinski definition) is 5. The molecule has 114 valence electrons. The van der Waals surface area contributed by atoms with E-state index in [1.165, 1.54) is 11.3 Å². The monoisotopic (exact) mass is 325 g/mol. The van der Waals surface area contributed by atoms with Gasteiger partial charge in [0.05, 0.1) is 4.90 Å². The largest absolute Gasteiger partial charge is 0.317 e. The van der Waals surface area contributed by atoms with E-state index in [1.54, 1.807) is 23.7 Å². The van der Waals surface area contributed by atoms with Gasteiger partial charge in [0.1, 0.15) is 0 Å². The number of sulfonamides is 1. The molecule has 0 aliphatic carbocycles. The van der Waals surface area contributed by atoms with Gasteiger partial charge in [-0.05, 0) is 43.6 Å². The minimum atomic E-state index is -3.54. The molecule has 0 unspecified atom stereocenters. The Morgan fingerprint density at radius 3 is 2.62 bits per heavy atom. The van der Waals surface area contributed by atoms with Gasteiger partial charge in [-0.1, -0.05) is 19.1 Å². The number of rotatable bonds is 8. The van der Waals surface area contributed by atoms with E-state index < -0.39 is 10.0 Å². The number of benzene rings is 1. The first-order valence-corrected chi connectivity index (χ1v) is 9.20. The Morgan fingerprint density at radius 2 is 2.00 bits per heavy atom. The summed E-state index contributed by atoms with van der Waals surface area (Å²) in [5.74, 6) is 0. The highest BCUT2D eigenvalue weighted by Crippen LogP contribution is 2.18. The van der Waals surface area contributed by atoms with Crippen LogP contribution in [0.1, 0.15) is 18.9 Å². The number of hydrogen-bond donors (Lipinski definition) is 2. The van der Waals surface area contributed by atoms with Crippen LogP contribution in [-0.2, 0) is 16.4 Å². The minimum Gasteiger partial charge on any atom is -0.317 e. The zero-order chi connectivity index (χ0) is 15.1. The van der Waals surface area contributed by atoms with E-state index in [1.807, 2.05) is 12.1 Å². The quantitative estimate of drug-likeness (QED) is 0.732. The molecule has 1 aromatic carbocycles. The third kappa shape index (κ3) is 4.80. The van der Waals surface area contributed by atoms with Gasteiger partial charge < -0.3 is 5.32 Å². The summed E-state index contributed by atoms with van der Waals surface area (Å²) in [7, 11) is -3.54. The fraction of sp³-hybridized carbons (Fsp3) is 0.357. The van der Waals surface area contributed by atoms with Crippen LogP contribution >= 0.6 is 11.3 Å². The molecule has 0 bridgehead atoms. The normalized spacial score (nSPS) is 11.5. The zero-order valence-electron chi connectivity index (χ0n) is 11.9. The van der Waals surface area contributed by atoms with Crippen LogP contribution in [0.25, 0.3) is 0 Å². The Hall–Kier alpha value is -1.44. The van der Waals surface area contributed by atoms with Gasteiger partial charge in [0.15, 0.2) is 5.13 Å². The molecule has 0 spiro atoms. The van der Waals surface area contributed by atoms with Gasteiger partial charge in [0, 0.05) is 11.6 Å². The van der Waals surface area contributed by atoms with Gasteiger partial charge >= 0.3 is 0 Å². The number of aromatic nitrogens is 1. The fourth-order valence-electron chi connectivity index (χ4n) is 1.88. The number of aryl methyl sites for hydroxylation is 1. The van der Waals surface area contributed by atoms with Crippen molar-refractivity contribution in [3.05, 3.63) is 41.4 Å². The molecule has 0 fully saturated rings. The van der Waals surface area contributed by atoms with Crippen LogP contribution in [0.5, 0.6) is 0 Å². The zero-order valence-corrected chi connectivity index (χ0v) is 13.5. The SMILES string of the molecule is CCNCCCc1ccc(S(=O)(=O)Nc2nccs2)cc1. The van der Waals surface area contributed by atoms with Crippen molar-refractivity contribution in [3.63, 3.8) is 0 Å². The predicted octanol–water partition coefficient (Wildman–Crippen LogP) is 2.49. The first kappa shape index (κ1) is 15.9. The van der Waals surface area contributed by atoms with Crippen LogP contribution in [0.4, 0.5) is 5.13 Å². The summed E-state index contributed by atoms with van der Waals surface area (Å²) >= 11 is 1.25. The van der Waals surface area contributed by atoms with Crippen LogP contribution in [0, 0.1) is 0 Å². The summed E-state index contributed by atoms with van der Waals surface area (Å²) in [5, 5.41) is 5.37. The molecule has 0 saturated carbocycles. The first-order valence-electron chi connectivity index (χ1n) is 6.84. The molecule has 0 amide bonds. The Balaban J connectivity index is 1.97. The van der Waals surface area contributed by atoms with Crippen LogP contribution < -0.4 is 10.0 Å². The molecule has 2 N–H and O–H groups in total. The van der Waals surface area contributed by atoms with Gasteiger partial charge in [0.25, 0.3) is 10.0 Å². The van der Waals surface area contributed by atoms with Crippen LogP contribution in [0.2, 0.25) is 0 Å². The van der Waals surface area contributed by atoms with Crippen molar-refractivity contribution >= 4 is 26.5 Å². The summed E-state index contributed by atoms with van der Waals surface area (Å²) in [4.78, 5) is 4.18. The first-order chi connectivity index (χ1) is 10.1. The summed E-state index contributed by atoms with van der Waals surface area (Å²) in [6, 6.07) is 7.00. The molecule has 0 saturated heterocycles. The molecule has 1 aromatic heterocycles. The van der Waals surface area contributed by atoms with Crippen LogP contribution in [0.3, 0.4) is 0 Å². The van der Waals surface area contributed by atoms with E-state index in [9.17, 15) is 8.42 Å². The van der Waals surface area contributed by atoms with Crippen molar-refractivity contribution in [2.24, 2.45) is 0 Å². The maximum Gasteiger partial charge on any atom is 0.263 e. The van der Waals surface area contributed by atoms with Gasteiger partial charge in [-0.15, -0.1) is 11.3 Å². The van der Waals surface area contributed by atoms with Crippen LogP contribution in [-0.4, -0.2) is 26.5 Å². The average molecular weight is 325 g/mol. The molecule has 0 atom stereocenters. The summed E-state index contributed by atoms with van der Waals surface area (Å²) < 4.78 is 26.8. The number of anilines is 1. The smallest absolute Gasteiger partial charge is 0.263 e. The second-order valence-corrected chi connectivity index (χ2v) is 7.12. The lowest BCUT2D eigenvalue weighted by Crippen LogP contribution is -2.14. The summed E-state index contributed by atoms with van der Waals surface area (Å²) in [6.07, 6.45) is 3.54. The molecule has 7 heteroatoms. The van der Waals surface area contributed by atoms with Crippen LogP contribution in [0.15, 0.2) is 40.7 Å². The molecule has 0 aliphatic heterocycles. The summed E-state index contributed by atoms with van der Waals surface area (Å²) in [6.45, 7) is 4.02. The highest BCUT2D eigenvalue weighted by atomic mass is 32.2.